The summed E-state index contributed by atoms with van der Waals surface area (Å²) in [6.45, 7) is 0. The zero-order valence-corrected chi connectivity index (χ0v) is 12.8. The molecule has 0 amide bonds. The number of rotatable bonds is 5. The standard InChI is InChI=1S/C9ClF19/c10-2(12,8(24,25)26)3(13,14)1(11,7(21,22)23)4(15,16)5(17,18)6(19,20)9(27,28)29. The van der Waals surface area contributed by atoms with Crippen molar-refractivity contribution >= 4 is 11.6 Å². The molecule has 0 saturated carbocycles. The van der Waals surface area contributed by atoms with Crippen LogP contribution in [0.5, 0.6) is 0 Å². The second kappa shape index (κ2) is 6.48. The number of hydrogen-bond acceptors (Lipinski definition) is 0. The van der Waals surface area contributed by atoms with Gasteiger partial charge in [0, 0.05) is 0 Å². The lowest BCUT2D eigenvalue weighted by Gasteiger charge is -2.46. The predicted molar refractivity (Wildman–Crippen MR) is 51.5 cm³/mol. The number of halogens is 20. The summed E-state index contributed by atoms with van der Waals surface area (Å²) in [6.07, 6.45) is -24.2. The van der Waals surface area contributed by atoms with E-state index in [1.54, 1.807) is 0 Å². The molecule has 0 saturated heterocycles. The van der Waals surface area contributed by atoms with Crippen molar-refractivity contribution in [1.29, 1.82) is 0 Å². The van der Waals surface area contributed by atoms with Gasteiger partial charge in [0.2, 0.25) is 0 Å². The molecule has 176 valence electrons. The summed E-state index contributed by atoms with van der Waals surface area (Å²) in [6, 6.07) is 0. The fourth-order valence-electron chi connectivity index (χ4n) is 1.54. The van der Waals surface area contributed by atoms with Gasteiger partial charge < -0.3 is 0 Å². The molecule has 29 heavy (non-hydrogen) atoms. The van der Waals surface area contributed by atoms with Crippen LogP contribution in [-0.2, 0) is 0 Å². The monoisotopic (exact) mass is 504 g/mol. The van der Waals surface area contributed by atoms with Gasteiger partial charge in [-0.25, -0.2) is 8.78 Å². The molecule has 0 fully saturated rings. The Morgan fingerprint density at radius 2 is 0.621 bits per heavy atom. The Hall–Kier alpha value is -1.04. The van der Waals surface area contributed by atoms with Gasteiger partial charge in [0.05, 0.1) is 0 Å². The molecule has 0 rings (SSSR count). The Bertz CT molecular complexity index is 605. The van der Waals surface area contributed by atoms with Gasteiger partial charge in [0.25, 0.3) is 0 Å². The minimum atomic E-state index is -9.09. The molecule has 0 aromatic rings. The number of alkyl halides is 20. The van der Waals surface area contributed by atoms with E-state index in [9.17, 15) is 83.4 Å². The quantitative estimate of drug-likeness (QED) is 0.285. The van der Waals surface area contributed by atoms with Crippen molar-refractivity contribution in [3.63, 3.8) is 0 Å². The lowest BCUT2D eigenvalue weighted by Crippen LogP contribution is -2.79. The van der Waals surface area contributed by atoms with Crippen molar-refractivity contribution in [3.8, 4) is 0 Å². The molecule has 0 aliphatic heterocycles. The molecular weight excluding hydrogens is 505 g/mol. The second-order valence-corrected chi connectivity index (χ2v) is 5.54. The Kier molecular flexibility index (Phi) is 6.25. The van der Waals surface area contributed by atoms with Crippen LogP contribution in [-0.4, -0.2) is 53.0 Å². The summed E-state index contributed by atoms with van der Waals surface area (Å²) in [7, 11) is 0. The SMILES string of the molecule is FC(F)(F)C(F)(F)C(F)(F)C(F)(F)C(F)(C(F)(F)F)C(F)(F)C(F)(Cl)C(F)(F)F. The first-order valence-corrected chi connectivity index (χ1v) is 6.16. The van der Waals surface area contributed by atoms with Crippen molar-refractivity contribution in [2.75, 3.05) is 0 Å². The third-order valence-electron chi connectivity index (χ3n) is 3.15. The van der Waals surface area contributed by atoms with E-state index in [4.69, 9.17) is 0 Å². The Labute approximate surface area is 149 Å². The van der Waals surface area contributed by atoms with E-state index in [2.05, 4.69) is 11.6 Å². The topological polar surface area (TPSA) is 0 Å². The average molecular weight is 505 g/mol. The van der Waals surface area contributed by atoms with Gasteiger partial charge >= 0.3 is 53.0 Å². The van der Waals surface area contributed by atoms with E-state index < -0.39 is 53.0 Å². The van der Waals surface area contributed by atoms with E-state index >= 15 is 0 Å². The molecule has 0 N–H and O–H groups in total. The summed E-state index contributed by atoms with van der Waals surface area (Å²) < 4.78 is 240. The summed E-state index contributed by atoms with van der Waals surface area (Å²) in [4.78, 5) is 0. The largest absolute Gasteiger partial charge is 0.460 e. The van der Waals surface area contributed by atoms with E-state index in [0.29, 0.717) is 0 Å². The maximum atomic E-state index is 13.7. The second-order valence-electron chi connectivity index (χ2n) is 5.02. The van der Waals surface area contributed by atoms with Crippen LogP contribution < -0.4 is 0 Å². The Morgan fingerprint density at radius 3 is 0.828 bits per heavy atom. The molecule has 0 aromatic carbocycles. The van der Waals surface area contributed by atoms with Crippen molar-refractivity contribution in [2.45, 2.75) is 53.0 Å². The zero-order valence-electron chi connectivity index (χ0n) is 12.1. The van der Waals surface area contributed by atoms with Crippen LogP contribution in [0.1, 0.15) is 0 Å². The predicted octanol–water partition coefficient (Wildman–Crippen LogP) is 6.83. The van der Waals surface area contributed by atoms with Gasteiger partial charge in [-0.2, -0.15) is 74.6 Å². The van der Waals surface area contributed by atoms with Gasteiger partial charge in [-0.15, -0.1) is 0 Å². The van der Waals surface area contributed by atoms with E-state index in [0.717, 1.165) is 0 Å². The van der Waals surface area contributed by atoms with Crippen molar-refractivity contribution in [1.82, 2.24) is 0 Å². The first-order valence-electron chi connectivity index (χ1n) is 5.78. The molecule has 2 unspecified atom stereocenters. The van der Waals surface area contributed by atoms with Crippen LogP contribution in [0.3, 0.4) is 0 Å². The van der Waals surface area contributed by atoms with Crippen LogP contribution >= 0.6 is 11.6 Å². The first kappa shape index (κ1) is 28.0. The summed E-state index contributed by atoms with van der Waals surface area (Å²) >= 11 is 3.29. The van der Waals surface area contributed by atoms with Crippen LogP contribution in [0.25, 0.3) is 0 Å². The molecule has 0 radical (unpaired) electrons. The Morgan fingerprint density at radius 1 is 0.310 bits per heavy atom. The van der Waals surface area contributed by atoms with Crippen LogP contribution in [0, 0.1) is 0 Å². The third kappa shape index (κ3) is 3.34. The maximum absolute atomic E-state index is 13.7. The van der Waals surface area contributed by atoms with Gasteiger partial charge in [0.1, 0.15) is 0 Å². The highest BCUT2D eigenvalue weighted by atomic mass is 35.5. The van der Waals surface area contributed by atoms with Gasteiger partial charge in [-0.05, 0) is 0 Å². The molecule has 0 nitrogen and oxygen atoms in total. The fraction of sp³-hybridized carbons (Fsp3) is 1.00. The summed E-state index contributed by atoms with van der Waals surface area (Å²) in [5, 5.41) is -7.64. The average Bonchev–Trinajstić information content (AvgIpc) is 2.41. The van der Waals surface area contributed by atoms with Crippen molar-refractivity contribution < 1.29 is 83.4 Å². The third-order valence-corrected chi connectivity index (χ3v) is 3.60. The zero-order chi connectivity index (χ0) is 24.5. The van der Waals surface area contributed by atoms with Crippen molar-refractivity contribution in [2.24, 2.45) is 0 Å². The lowest BCUT2D eigenvalue weighted by atomic mass is 9.81. The first-order chi connectivity index (χ1) is 12.0. The van der Waals surface area contributed by atoms with E-state index in [1.807, 2.05) is 0 Å². The smallest absolute Gasteiger partial charge is 0.220 e. The molecule has 0 aliphatic rings. The molecule has 20 heteroatoms. The van der Waals surface area contributed by atoms with Crippen LogP contribution in [0.15, 0.2) is 0 Å². The molecule has 0 bridgehead atoms. The lowest BCUT2D eigenvalue weighted by molar-refractivity contribution is -0.464. The molecule has 0 spiro atoms. The van der Waals surface area contributed by atoms with Crippen LogP contribution in [0.4, 0.5) is 83.4 Å². The number of hydrogen-bond donors (Lipinski definition) is 0. The summed E-state index contributed by atoms with van der Waals surface area (Å²) in [5.41, 5.74) is -9.04. The Balaban J connectivity index is 7.30. The van der Waals surface area contributed by atoms with E-state index in [1.165, 1.54) is 0 Å². The van der Waals surface area contributed by atoms with Gasteiger partial charge in [-0.3, -0.25) is 0 Å². The highest BCUT2D eigenvalue weighted by Crippen LogP contribution is 2.67. The fourth-order valence-corrected chi connectivity index (χ4v) is 1.67. The minimum absolute atomic E-state index is 3.29. The summed E-state index contributed by atoms with van der Waals surface area (Å²) in [5.74, 6) is -35.0. The highest BCUT2D eigenvalue weighted by Gasteiger charge is 2.99. The molecule has 2 atom stereocenters. The normalized spacial score (nSPS) is 20.3. The van der Waals surface area contributed by atoms with Crippen molar-refractivity contribution in [3.05, 3.63) is 0 Å². The molecule has 0 aliphatic carbocycles. The maximum Gasteiger partial charge on any atom is 0.460 e. The van der Waals surface area contributed by atoms with Gasteiger partial charge in [0.15, 0.2) is 0 Å². The van der Waals surface area contributed by atoms with E-state index in [-0.39, 0.29) is 0 Å². The minimum Gasteiger partial charge on any atom is -0.220 e. The molecular formula is C9ClF19. The van der Waals surface area contributed by atoms with Crippen LogP contribution in [0.2, 0.25) is 0 Å². The van der Waals surface area contributed by atoms with Gasteiger partial charge in [-0.1, -0.05) is 11.6 Å². The molecule has 0 heterocycles. The molecule has 0 aromatic heterocycles. The highest BCUT2D eigenvalue weighted by molar-refractivity contribution is 6.24.